The van der Waals surface area contributed by atoms with E-state index in [1.54, 1.807) is 192 Å². The van der Waals surface area contributed by atoms with E-state index >= 15 is 24.0 Å². The Morgan fingerprint density at radius 1 is 0.438 bits per heavy atom. The minimum absolute atomic E-state index is 0.0336. The lowest BCUT2D eigenvalue weighted by atomic mass is 10.0. The zero-order chi connectivity index (χ0) is 99.9. The van der Waals surface area contributed by atoms with Gasteiger partial charge in [-0.05, 0) is 140 Å². The zero-order valence-corrected chi connectivity index (χ0v) is 78.7. The molecule has 2 heterocycles. The maximum atomic E-state index is 15.5. The summed E-state index contributed by atoms with van der Waals surface area (Å²) in [5, 5.41) is 36.7. The predicted molar refractivity (Wildman–Crippen MR) is 499 cm³/mol. The molecule has 137 heavy (non-hydrogen) atoms. The number of amides is 15. The molecule has 740 valence electrons. The summed E-state index contributed by atoms with van der Waals surface area (Å²) >= 11 is 0. The van der Waals surface area contributed by atoms with Gasteiger partial charge in [-0.1, -0.05) is 169 Å². The summed E-state index contributed by atoms with van der Waals surface area (Å²) in [5.41, 5.74) is 20.0. The van der Waals surface area contributed by atoms with Gasteiger partial charge in [-0.25, -0.2) is 17.9 Å². The average Bonchev–Trinajstić information content (AvgIpc) is 1.48. The molecule has 41 nitrogen and oxygen atoms in total. The van der Waals surface area contributed by atoms with Gasteiger partial charge in [0.1, 0.15) is 66.0 Å². The molecular weight excluding hydrogens is 1790 g/mol. The highest BCUT2D eigenvalue weighted by atomic mass is 32.2. The number of likely N-dealkylation sites (tertiary alicyclic amines) is 2. The number of carbonyl (C=O) groups is 15. The number of rotatable bonds is 53. The van der Waals surface area contributed by atoms with Gasteiger partial charge in [0.05, 0.1) is 88.5 Å². The van der Waals surface area contributed by atoms with Crippen LogP contribution in [0.25, 0.3) is 0 Å². The Hall–Kier alpha value is -13.8. The third-order valence-electron chi connectivity index (χ3n) is 22.1. The number of sulfonamides is 1. The monoisotopic (exact) mass is 1920 g/mol. The van der Waals surface area contributed by atoms with E-state index < -0.39 is 228 Å². The molecular formula is C95H126N18O23S. The highest BCUT2D eigenvalue weighted by Crippen LogP contribution is 2.25. The third-order valence-corrected chi connectivity index (χ3v) is 23.5. The molecule has 19 N–H and O–H groups in total. The summed E-state index contributed by atoms with van der Waals surface area (Å²) in [6.45, 7) is 9.41. The fourth-order valence-electron chi connectivity index (χ4n) is 14.7. The van der Waals surface area contributed by atoms with Gasteiger partial charge in [-0.15, -0.1) is 0 Å². The highest BCUT2D eigenvalue weighted by Gasteiger charge is 2.45. The molecule has 2 aliphatic rings. The van der Waals surface area contributed by atoms with Crippen LogP contribution < -0.4 is 80.4 Å². The summed E-state index contributed by atoms with van der Waals surface area (Å²) in [4.78, 5) is 216. The van der Waals surface area contributed by atoms with E-state index in [2.05, 4.69) is 63.2 Å². The van der Waals surface area contributed by atoms with Crippen molar-refractivity contribution in [1.29, 1.82) is 5.41 Å². The molecule has 0 spiro atoms. The van der Waals surface area contributed by atoms with Crippen LogP contribution in [0.1, 0.15) is 140 Å². The Balaban J connectivity index is 1.05. The standard InChI is InChI=1S/C95H126N18O23S/c1-58-40-42-68(43-41-58)137(129,130)111-93(99)100-46-24-37-69(104-88(123)74-39-26-48-113(74)92(127)82(62(5)135-56-67-35-22-13-23-36-67)110-86(121)70(44-45-75(96)114)106-94(128)136-95(6,7)8)85(120)109-80(60(3)133-54-65-31-18-11-19-32-65)90(125)105-71(49-76(97)115)87(122)108-79(59(2)132-53-64-29-16-10-17-30-64)89(124)102-50-77(116)103-72(57-131-52-63-27-14-9-15-28-63)84(119)101-51-78(117)107-81(61(4)134-55-66-33-20-12-21-34-66)91(126)112-47-25-38-73(112)83(98)118/h9-23,27-36,40-43,59-62,69-74,79-82H,24-26,37-39,44-57H2,1-8H3,(H2,96,114)(H2,97,115)(H2,98,118)(H,101,119)(H,102,124)(H,103,116)(H,104,123)(H,105,125)(H,106,128)(H,107,117)(H,108,122)(H,109,120)(H,110,121)(H3,99,100,111)/t59-,60-,61-,62-,69+,70+,71+,72+,73+,74+,79+,80+,81+,82+/m1/s1. The molecule has 0 unspecified atom stereocenters. The molecule has 0 radical (unpaired) electrons. The van der Waals surface area contributed by atoms with E-state index in [0.29, 0.717) is 35.1 Å². The van der Waals surface area contributed by atoms with Crippen molar-refractivity contribution >= 4 is 105 Å². The molecule has 0 aromatic heterocycles. The molecule has 6 aromatic carbocycles. The second-order valence-electron chi connectivity index (χ2n) is 34.2. The van der Waals surface area contributed by atoms with E-state index in [9.17, 15) is 56.4 Å². The molecule has 0 bridgehead atoms. The SMILES string of the molecule is Cc1ccc(S(=O)(=O)NC(=N)NCCC[C@H](NC(=O)[C@@H]2CCCN2C(=O)[C@@H](NC(=O)[C@H](CCC(N)=O)NC(=O)OC(C)(C)C)[C@@H](C)OCc2ccccc2)C(=O)N[C@H](C(=O)N[C@@H](CC(N)=O)C(=O)N[C@H](C(=O)NCC(=O)N[C@@H](COCc2ccccc2)C(=O)NCC(=O)N[C@H](C(=O)N2CCC[C@H]2C(N)=O)[C@@H](C)OCc2ccccc2)[C@@H](C)OCc2ccccc2)[C@@H](C)OCc2ccccc2)cc1. The van der Waals surface area contributed by atoms with Gasteiger partial charge in [-0.3, -0.25) is 72.5 Å². The Morgan fingerprint density at radius 3 is 1.31 bits per heavy atom. The molecule has 0 aliphatic carbocycles. The quantitative estimate of drug-likeness (QED) is 0.0146. The van der Waals surface area contributed by atoms with Gasteiger partial charge in [0.2, 0.25) is 88.7 Å². The first kappa shape index (κ1) is 109. The Morgan fingerprint density at radius 2 is 0.847 bits per heavy atom. The van der Waals surface area contributed by atoms with Crippen molar-refractivity contribution in [2.45, 2.75) is 242 Å². The fourth-order valence-corrected chi connectivity index (χ4v) is 15.6. The summed E-state index contributed by atoms with van der Waals surface area (Å²) in [5.74, 6) is -14.4. The lowest BCUT2D eigenvalue weighted by molar-refractivity contribution is -0.146. The minimum Gasteiger partial charge on any atom is -0.444 e. The number of alkyl carbamates (subject to hydrolysis) is 1. The van der Waals surface area contributed by atoms with Gasteiger partial charge in [-0.2, -0.15) is 0 Å². The molecule has 8 rings (SSSR count). The van der Waals surface area contributed by atoms with Crippen molar-refractivity contribution < 1.29 is 109 Å². The molecule has 2 aliphatic heterocycles. The van der Waals surface area contributed by atoms with Crippen LogP contribution >= 0.6 is 0 Å². The van der Waals surface area contributed by atoms with Crippen LogP contribution in [0.4, 0.5) is 4.79 Å². The Labute approximate surface area is 795 Å². The van der Waals surface area contributed by atoms with Gasteiger partial charge in [0, 0.05) is 26.1 Å². The smallest absolute Gasteiger partial charge is 0.408 e. The first-order valence-corrected chi connectivity index (χ1v) is 46.5. The molecule has 42 heteroatoms. The van der Waals surface area contributed by atoms with Crippen LogP contribution in [0, 0.1) is 12.3 Å². The van der Waals surface area contributed by atoms with E-state index in [1.807, 2.05) is 6.07 Å². The average molecular weight is 1920 g/mol. The van der Waals surface area contributed by atoms with Gasteiger partial charge < -0.3 is 114 Å². The van der Waals surface area contributed by atoms with E-state index in [4.69, 9.17) is 51.0 Å². The zero-order valence-electron chi connectivity index (χ0n) is 77.9. The van der Waals surface area contributed by atoms with E-state index in [-0.39, 0.29) is 89.7 Å². The maximum absolute atomic E-state index is 15.5. The second-order valence-corrected chi connectivity index (χ2v) is 35.9. The fraction of sp³-hybridized carbons (Fsp3) is 0.453. The normalized spacial score (nSPS) is 16.2. The first-order chi connectivity index (χ1) is 65.2. The molecule has 0 saturated carbocycles. The molecule has 15 amide bonds. The van der Waals surface area contributed by atoms with Gasteiger partial charge in [0.25, 0.3) is 10.0 Å². The summed E-state index contributed by atoms with van der Waals surface area (Å²) < 4.78 is 64.9. The number of ether oxygens (including phenoxy) is 6. The molecule has 14 atom stereocenters. The second kappa shape index (κ2) is 54.1. The lowest BCUT2D eigenvalue weighted by Gasteiger charge is -2.33. The summed E-state index contributed by atoms with van der Waals surface area (Å²) in [7, 11) is -4.31. The van der Waals surface area contributed by atoms with Crippen LogP contribution in [0.2, 0.25) is 0 Å². The first-order valence-electron chi connectivity index (χ1n) is 45.0. The maximum Gasteiger partial charge on any atom is 0.408 e. The Bertz CT molecular complexity index is 5190. The molecule has 2 saturated heterocycles. The highest BCUT2D eigenvalue weighted by molar-refractivity contribution is 7.90. The number of guanidine groups is 1. The van der Waals surface area contributed by atoms with Crippen LogP contribution in [-0.4, -0.2) is 243 Å². The number of carbonyl (C=O) groups excluding carboxylic acids is 15. The topological polar surface area (TPSA) is 598 Å². The van der Waals surface area contributed by atoms with Crippen molar-refractivity contribution in [2.24, 2.45) is 17.2 Å². The van der Waals surface area contributed by atoms with Crippen LogP contribution in [-0.2, 0) is 139 Å². The van der Waals surface area contributed by atoms with Crippen molar-refractivity contribution in [3.8, 4) is 0 Å². The minimum atomic E-state index is -4.31. The molecule has 6 aromatic rings. The van der Waals surface area contributed by atoms with Crippen molar-refractivity contribution in [3.63, 3.8) is 0 Å². The third kappa shape index (κ3) is 36.4. The predicted octanol–water partition coefficient (Wildman–Crippen LogP) is 1.34. The summed E-state index contributed by atoms with van der Waals surface area (Å²) in [6.07, 6.45) is -7.33. The van der Waals surface area contributed by atoms with Crippen molar-refractivity contribution in [1.82, 2.24) is 73.0 Å². The number of aryl methyl sites for hydroxylation is 1. The summed E-state index contributed by atoms with van der Waals surface area (Å²) in [6, 6.07) is 33.5. The van der Waals surface area contributed by atoms with E-state index in [0.717, 1.165) is 16.0 Å². The van der Waals surface area contributed by atoms with Gasteiger partial charge >= 0.3 is 6.09 Å². The number of nitrogens with one attached hydrogen (secondary N) is 13. The Kier molecular flexibility index (Phi) is 42.8. The number of hydrogen-bond donors (Lipinski definition) is 16. The van der Waals surface area contributed by atoms with Crippen molar-refractivity contribution in [2.75, 3.05) is 39.3 Å². The number of benzene rings is 6. The number of nitrogens with zero attached hydrogens (tertiary/aromatic N) is 2. The van der Waals surface area contributed by atoms with Crippen molar-refractivity contribution in [3.05, 3.63) is 209 Å². The number of primary amides is 3. The van der Waals surface area contributed by atoms with E-state index in [1.165, 1.54) is 37.8 Å². The van der Waals surface area contributed by atoms with Crippen LogP contribution in [0.15, 0.2) is 181 Å². The van der Waals surface area contributed by atoms with Crippen LogP contribution in [0.3, 0.4) is 0 Å². The largest absolute Gasteiger partial charge is 0.444 e. The van der Waals surface area contributed by atoms with Gasteiger partial charge in [0.15, 0.2) is 0 Å². The van der Waals surface area contributed by atoms with Crippen LogP contribution in [0.5, 0.6) is 0 Å². The lowest BCUT2D eigenvalue weighted by Crippen LogP contribution is -2.63. The number of nitrogens with two attached hydrogens (primary N) is 3. The molecule has 2 fully saturated rings. The number of hydrogen-bond acceptors (Lipinski definition) is 24.